The molecule has 1 unspecified atom stereocenters. The number of ether oxygens (including phenoxy) is 1. The van der Waals surface area contributed by atoms with Gasteiger partial charge in [-0.15, -0.1) is 0 Å². The van der Waals surface area contributed by atoms with Crippen molar-refractivity contribution in [2.75, 3.05) is 0 Å². The third-order valence-corrected chi connectivity index (χ3v) is 5.32. The maximum absolute atomic E-state index is 14.0. The highest BCUT2D eigenvalue weighted by atomic mass is 35.5. The molecule has 3 aromatic rings. The second-order valence-electron chi connectivity index (χ2n) is 6.85. The van der Waals surface area contributed by atoms with E-state index in [9.17, 15) is 44.3 Å². The minimum absolute atomic E-state index is 0.0255. The fourth-order valence-corrected chi connectivity index (χ4v) is 3.06. The second kappa shape index (κ2) is 9.89. The van der Waals surface area contributed by atoms with Crippen LogP contribution in [0.2, 0.25) is 5.02 Å². The van der Waals surface area contributed by atoms with E-state index < -0.39 is 45.6 Å². The van der Waals surface area contributed by atoms with Crippen molar-refractivity contribution in [1.29, 1.82) is 0 Å². The Morgan fingerprint density at radius 1 is 0.972 bits per heavy atom. The Labute approximate surface area is 200 Å². The number of pyridine rings is 1. The van der Waals surface area contributed by atoms with E-state index in [0.29, 0.717) is 11.0 Å². The maximum atomic E-state index is 14.0. The van der Waals surface area contributed by atoms with Crippen LogP contribution >= 0.6 is 11.6 Å². The van der Waals surface area contributed by atoms with Gasteiger partial charge in [0, 0.05) is 17.2 Å². The SMILES string of the molecule is C[n+]1c2ccccc2c(C(=O)OC(F)(C(F)F)C(F)(F)F)c2cc(Cl)ccc21.O=S(=O)([O-])C(F)(F)F. The minimum Gasteiger partial charge on any atom is -0.741 e. The molecule has 0 N–H and O–H groups in total. The summed E-state index contributed by atoms with van der Waals surface area (Å²) in [5, 5.41) is 0.245. The highest BCUT2D eigenvalue weighted by molar-refractivity contribution is 7.86. The molecule has 3 rings (SSSR count). The van der Waals surface area contributed by atoms with Gasteiger partial charge >= 0.3 is 29.9 Å². The Morgan fingerprint density at radius 2 is 1.47 bits per heavy atom. The number of hydrogen-bond acceptors (Lipinski definition) is 5. The van der Waals surface area contributed by atoms with Crippen LogP contribution in [0.4, 0.5) is 39.5 Å². The van der Waals surface area contributed by atoms with Gasteiger partial charge in [0.05, 0.1) is 16.3 Å². The summed E-state index contributed by atoms with van der Waals surface area (Å²) in [5.74, 6) is -7.34. The molecule has 0 amide bonds. The molecule has 17 heteroatoms. The number of aromatic nitrogens is 1. The number of alkyl halides is 9. The molecule has 1 atom stereocenters. The number of esters is 1. The van der Waals surface area contributed by atoms with Crippen LogP contribution in [0, 0.1) is 0 Å². The smallest absolute Gasteiger partial charge is 0.485 e. The van der Waals surface area contributed by atoms with E-state index in [-0.39, 0.29) is 15.8 Å². The van der Waals surface area contributed by atoms with E-state index >= 15 is 0 Å². The minimum atomic E-state index is -6.13. The lowest BCUT2D eigenvalue weighted by atomic mass is 10.0. The summed E-state index contributed by atoms with van der Waals surface area (Å²) in [5.41, 5.74) is -5.41. The Hall–Kier alpha value is -2.85. The number of carbonyl (C=O) groups is 1. The highest BCUT2D eigenvalue weighted by Gasteiger charge is 2.67. The summed E-state index contributed by atoms with van der Waals surface area (Å²) in [7, 11) is -4.46. The van der Waals surface area contributed by atoms with Crippen LogP contribution in [0.25, 0.3) is 21.8 Å². The van der Waals surface area contributed by atoms with Crippen LogP contribution in [0.15, 0.2) is 42.5 Å². The average molecular weight is 572 g/mol. The van der Waals surface area contributed by atoms with Crippen LogP contribution in [-0.2, 0) is 21.9 Å². The molecule has 0 aliphatic heterocycles. The molecular formula is C19H11ClF9NO5S. The molecule has 0 radical (unpaired) electrons. The van der Waals surface area contributed by atoms with E-state index in [2.05, 4.69) is 4.74 Å². The van der Waals surface area contributed by atoms with Gasteiger partial charge in [0.15, 0.2) is 10.1 Å². The zero-order valence-electron chi connectivity index (χ0n) is 17.3. The molecule has 1 heterocycles. The fraction of sp³-hybridized carbons (Fsp3) is 0.263. The molecule has 0 bridgehead atoms. The van der Waals surface area contributed by atoms with Gasteiger partial charge in [0.25, 0.3) is 0 Å². The van der Waals surface area contributed by atoms with Crippen molar-refractivity contribution >= 4 is 49.5 Å². The van der Waals surface area contributed by atoms with Crippen LogP contribution in [0.3, 0.4) is 0 Å². The van der Waals surface area contributed by atoms with Gasteiger partial charge in [-0.25, -0.2) is 22.0 Å². The summed E-state index contributed by atoms with van der Waals surface area (Å²) in [6.07, 6.45) is -10.8. The van der Waals surface area contributed by atoms with Crippen molar-refractivity contribution in [2.24, 2.45) is 7.05 Å². The van der Waals surface area contributed by atoms with Crippen molar-refractivity contribution in [2.45, 2.75) is 24.0 Å². The number of rotatable bonds is 3. The molecule has 0 saturated heterocycles. The first-order valence-electron chi connectivity index (χ1n) is 9.01. The zero-order chi connectivity index (χ0) is 27.9. The summed E-state index contributed by atoms with van der Waals surface area (Å²) in [6, 6.07) is 10.2. The topological polar surface area (TPSA) is 87.4 Å². The molecule has 2 aromatic carbocycles. The van der Waals surface area contributed by atoms with E-state index in [4.69, 9.17) is 24.6 Å². The normalized spacial score (nSPS) is 14.4. The number of benzene rings is 2. The number of aryl methyl sites for hydroxylation is 1. The zero-order valence-corrected chi connectivity index (χ0v) is 18.9. The maximum Gasteiger partial charge on any atom is 0.485 e. The Kier molecular flexibility index (Phi) is 8.08. The molecule has 0 saturated carbocycles. The summed E-state index contributed by atoms with van der Waals surface area (Å²) >= 11 is 5.92. The van der Waals surface area contributed by atoms with Crippen LogP contribution in [0.5, 0.6) is 0 Å². The van der Waals surface area contributed by atoms with Gasteiger partial charge in [-0.05, 0) is 18.2 Å². The third kappa shape index (κ3) is 5.75. The third-order valence-electron chi connectivity index (χ3n) is 4.52. The number of nitrogens with zero attached hydrogens (tertiary/aromatic N) is 1. The molecule has 36 heavy (non-hydrogen) atoms. The van der Waals surface area contributed by atoms with Crippen molar-refractivity contribution in [3.05, 3.63) is 53.1 Å². The van der Waals surface area contributed by atoms with E-state index in [1.807, 2.05) is 0 Å². The molecule has 0 spiro atoms. The Bertz CT molecular complexity index is 1410. The predicted molar refractivity (Wildman–Crippen MR) is 105 cm³/mol. The first-order valence-corrected chi connectivity index (χ1v) is 10.8. The van der Waals surface area contributed by atoms with E-state index in [1.165, 1.54) is 30.3 Å². The number of carbonyl (C=O) groups excluding carboxylic acids is 1. The molecule has 0 fully saturated rings. The fourth-order valence-electron chi connectivity index (χ4n) is 2.89. The van der Waals surface area contributed by atoms with Gasteiger partial charge in [-0.3, -0.25) is 0 Å². The van der Waals surface area contributed by atoms with Gasteiger partial charge < -0.3 is 9.29 Å². The van der Waals surface area contributed by atoms with Gasteiger partial charge in [0.1, 0.15) is 7.05 Å². The molecule has 0 aliphatic rings. The van der Waals surface area contributed by atoms with Gasteiger partial charge in [0.2, 0.25) is 11.0 Å². The van der Waals surface area contributed by atoms with Crippen LogP contribution in [0.1, 0.15) is 10.4 Å². The first-order chi connectivity index (χ1) is 16.2. The quantitative estimate of drug-likeness (QED) is 0.108. The van der Waals surface area contributed by atoms with Gasteiger partial charge in [-0.2, -0.15) is 35.3 Å². The molecule has 1 aromatic heterocycles. The number of fused-ring (bicyclic) bond motifs is 2. The number of para-hydroxylation sites is 1. The monoisotopic (exact) mass is 571 g/mol. The lowest BCUT2D eigenvalue weighted by Crippen LogP contribution is -2.51. The van der Waals surface area contributed by atoms with Crippen molar-refractivity contribution in [3.8, 4) is 0 Å². The summed E-state index contributed by atoms with van der Waals surface area (Å²) < 4.78 is 142. The number of halogens is 10. The highest BCUT2D eigenvalue weighted by Crippen LogP contribution is 2.41. The largest absolute Gasteiger partial charge is 0.741 e. The first kappa shape index (κ1) is 29.4. The van der Waals surface area contributed by atoms with Crippen LogP contribution in [-0.4, -0.2) is 42.9 Å². The summed E-state index contributed by atoms with van der Waals surface area (Å²) in [6.45, 7) is 0. The van der Waals surface area contributed by atoms with Crippen molar-refractivity contribution in [1.82, 2.24) is 0 Å². The Morgan fingerprint density at radius 3 is 1.94 bits per heavy atom. The van der Waals surface area contributed by atoms with E-state index in [0.717, 1.165) is 0 Å². The Balaban J connectivity index is 0.000000493. The molecular weight excluding hydrogens is 561 g/mol. The van der Waals surface area contributed by atoms with E-state index in [1.54, 1.807) is 23.7 Å². The molecule has 198 valence electrons. The average Bonchev–Trinajstić information content (AvgIpc) is 2.71. The summed E-state index contributed by atoms with van der Waals surface area (Å²) in [4.78, 5) is 12.5. The lowest BCUT2D eigenvalue weighted by Gasteiger charge is -2.26. The van der Waals surface area contributed by atoms with Crippen LogP contribution < -0.4 is 4.57 Å². The predicted octanol–water partition coefficient (Wildman–Crippen LogP) is 5.17. The molecule has 0 aliphatic carbocycles. The molecule has 6 nitrogen and oxygen atoms in total. The van der Waals surface area contributed by atoms with Crippen molar-refractivity contribution < 1.29 is 66.6 Å². The van der Waals surface area contributed by atoms with Crippen molar-refractivity contribution in [3.63, 3.8) is 0 Å². The standard InChI is InChI=1S/C18H11ClF6NO2.CHF3O3S/c1-26-12-5-3-2-4-10(12)14(11-8-9(19)6-7-13(11)26)15(27)28-17(22,16(20)21)18(23,24)25;2-1(3,4)8(5,6)7/h2-8,16H,1H3;(H,5,6,7)/q+1;/p-1. The second-order valence-corrected chi connectivity index (χ2v) is 8.65. The number of hydrogen-bond donors (Lipinski definition) is 0. The lowest BCUT2D eigenvalue weighted by molar-refractivity contribution is -0.617. The van der Waals surface area contributed by atoms with Gasteiger partial charge in [-0.1, -0.05) is 23.7 Å².